The van der Waals surface area contributed by atoms with Crippen molar-refractivity contribution in [3.8, 4) is 5.75 Å². The summed E-state index contributed by atoms with van der Waals surface area (Å²) in [7, 11) is -0.888. The number of methoxy groups -OCH3 is 2. The molecule has 0 aromatic heterocycles. The number of carbonyl (C=O) groups excluding carboxylic acids is 1. The molecule has 6 nitrogen and oxygen atoms in total. The summed E-state index contributed by atoms with van der Waals surface area (Å²) in [5.74, 6) is -0.0410. The van der Waals surface area contributed by atoms with Gasteiger partial charge >= 0.3 is 5.97 Å². The summed E-state index contributed by atoms with van der Waals surface area (Å²) in [4.78, 5) is 11.3. The fourth-order valence-electron chi connectivity index (χ4n) is 3.07. The van der Waals surface area contributed by atoms with Crippen LogP contribution in [0.15, 0.2) is 53.4 Å². The van der Waals surface area contributed by atoms with Crippen molar-refractivity contribution in [1.29, 1.82) is 0 Å². The highest BCUT2D eigenvalue weighted by Crippen LogP contribution is 2.24. The molecule has 1 N–H and O–H groups in total. The minimum Gasteiger partial charge on any atom is -0.497 e. The fourth-order valence-corrected chi connectivity index (χ4v) is 4.33. The monoisotopic (exact) mass is 437 g/mol. The van der Waals surface area contributed by atoms with Gasteiger partial charge in [0, 0.05) is 12.5 Å². The number of halogens is 1. The number of nitrogens with one attached hydrogen (secondary N) is 1. The number of benzene rings is 2. The van der Waals surface area contributed by atoms with Gasteiger partial charge < -0.3 is 9.47 Å². The standard InChI is InChI=1S/C22H28FNO5S/c1-28-19-13-15-20(16-14-19)30(26,27)24-21(17-9-11-18(23)12-10-17)7-5-3-4-6-8-22(25)29-2/h9-16,21,24H,3-8H2,1-2H3. The Morgan fingerprint density at radius 3 is 2.20 bits per heavy atom. The molecule has 0 aliphatic carbocycles. The van der Waals surface area contributed by atoms with Crippen LogP contribution in [0.2, 0.25) is 0 Å². The largest absolute Gasteiger partial charge is 0.497 e. The van der Waals surface area contributed by atoms with Crippen LogP contribution >= 0.6 is 0 Å². The van der Waals surface area contributed by atoms with Gasteiger partial charge in [-0.05, 0) is 54.8 Å². The molecule has 0 aliphatic heterocycles. The maximum absolute atomic E-state index is 13.3. The molecular formula is C22H28FNO5S. The average Bonchev–Trinajstić information content (AvgIpc) is 2.75. The first-order valence-corrected chi connectivity index (χ1v) is 11.3. The Labute approximate surface area is 177 Å². The average molecular weight is 438 g/mol. The van der Waals surface area contributed by atoms with Gasteiger partial charge in [-0.1, -0.05) is 31.4 Å². The van der Waals surface area contributed by atoms with Gasteiger partial charge in [-0.25, -0.2) is 17.5 Å². The van der Waals surface area contributed by atoms with Crippen LogP contribution in [0.4, 0.5) is 4.39 Å². The first-order chi connectivity index (χ1) is 14.4. The molecule has 0 saturated carbocycles. The third kappa shape index (κ3) is 7.42. The minimum absolute atomic E-state index is 0.133. The number of sulfonamides is 1. The Morgan fingerprint density at radius 2 is 1.60 bits per heavy atom. The Balaban J connectivity index is 2.04. The smallest absolute Gasteiger partial charge is 0.305 e. The third-order valence-corrected chi connectivity index (χ3v) is 6.28. The Kier molecular flexibility index (Phi) is 9.26. The second-order valence-corrected chi connectivity index (χ2v) is 8.64. The number of esters is 1. The second-order valence-electron chi connectivity index (χ2n) is 6.93. The van der Waals surface area contributed by atoms with Crippen LogP contribution in [0, 0.1) is 5.82 Å². The molecule has 0 spiro atoms. The lowest BCUT2D eigenvalue weighted by Crippen LogP contribution is -2.28. The molecule has 2 rings (SSSR count). The first kappa shape index (κ1) is 23.8. The van der Waals surface area contributed by atoms with E-state index in [9.17, 15) is 17.6 Å². The summed E-state index contributed by atoms with van der Waals surface area (Å²) in [5.41, 5.74) is 0.697. The van der Waals surface area contributed by atoms with Crippen LogP contribution in [0.1, 0.15) is 50.1 Å². The van der Waals surface area contributed by atoms with E-state index in [1.807, 2.05) is 0 Å². The highest BCUT2D eigenvalue weighted by Gasteiger charge is 2.21. The van der Waals surface area contributed by atoms with Gasteiger partial charge in [0.25, 0.3) is 0 Å². The van der Waals surface area contributed by atoms with Crippen LogP contribution in [0.25, 0.3) is 0 Å². The lowest BCUT2D eigenvalue weighted by Gasteiger charge is -2.19. The maximum atomic E-state index is 13.3. The van der Waals surface area contributed by atoms with E-state index in [4.69, 9.17) is 4.74 Å². The molecule has 2 aromatic rings. The number of hydrogen-bond donors (Lipinski definition) is 1. The zero-order chi connectivity index (χ0) is 22.0. The van der Waals surface area contributed by atoms with Crippen molar-refractivity contribution in [1.82, 2.24) is 4.72 Å². The molecule has 0 bridgehead atoms. The number of rotatable bonds is 12. The quantitative estimate of drug-likeness (QED) is 0.394. The second kappa shape index (κ2) is 11.7. The zero-order valence-corrected chi connectivity index (χ0v) is 18.1. The summed E-state index contributed by atoms with van der Waals surface area (Å²) in [6, 6.07) is 11.5. The summed E-state index contributed by atoms with van der Waals surface area (Å²) in [6.45, 7) is 0. The van der Waals surface area contributed by atoms with Crippen LogP contribution in [0.3, 0.4) is 0 Å². The molecule has 0 radical (unpaired) electrons. The fraction of sp³-hybridized carbons (Fsp3) is 0.409. The normalized spacial score (nSPS) is 12.4. The van der Waals surface area contributed by atoms with Gasteiger partial charge in [-0.3, -0.25) is 4.79 Å². The van der Waals surface area contributed by atoms with Gasteiger partial charge in [0.05, 0.1) is 19.1 Å². The van der Waals surface area contributed by atoms with Crippen molar-refractivity contribution in [2.75, 3.05) is 14.2 Å². The molecule has 0 amide bonds. The molecule has 0 heterocycles. The lowest BCUT2D eigenvalue weighted by atomic mass is 10.0. The molecule has 1 atom stereocenters. The minimum atomic E-state index is -3.77. The van der Waals surface area contributed by atoms with Crippen LogP contribution < -0.4 is 9.46 Å². The third-order valence-electron chi connectivity index (χ3n) is 4.79. The summed E-state index contributed by atoms with van der Waals surface area (Å²) < 4.78 is 51.4. The number of ether oxygens (including phenoxy) is 2. The van der Waals surface area contributed by atoms with E-state index in [-0.39, 0.29) is 16.7 Å². The predicted octanol–water partition coefficient (Wildman–Crippen LogP) is 4.37. The van der Waals surface area contributed by atoms with Crippen LogP contribution in [-0.2, 0) is 19.6 Å². The number of hydrogen-bond acceptors (Lipinski definition) is 5. The van der Waals surface area contributed by atoms with E-state index < -0.39 is 16.1 Å². The van der Waals surface area contributed by atoms with Crippen molar-refractivity contribution in [2.24, 2.45) is 0 Å². The van der Waals surface area contributed by atoms with E-state index in [2.05, 4.69) is 9.46 Å². The lowest BCUT2D eigenvalue weighted by molar-refractivity contribution is -0.140. The van der Waals surface area contributed by atoms with Crippen LogP contribution in [0.5, 0.6) is 5.75 Å². The topological polar surface area (TPSA) is 81.7 Å². The summed E-state index contributed by atoms with van der Waals surface area (Å²) >= 11 is 0. The summed E-state index contributed by atoms with van der Waals surface area (Å²) in [5, 5.41) is 0. The van der Waals surface area contributed by atoms with Gasteiger partial charge in [-0.15, -0.1) is 0 Å². The van der Waals surface area contributed by atoms with E-state index >= 15 is 0 Å². The molecule has 2 aromatic carbocycles. The molecule has 164 valence electrons. The predicted molar refractivity (Wildman–Crippen MR) is 112 cm³/mol. The molecular weight excluding hydrogens is 409 g/mol. The van der Waals surface area contributed by atoms with Gasteiger partial charge in [0.1, 0.15) is 11.6 Å². The highest BCUT2D eigenvalue weighted by atomic mass is 32.2. The highest BCUT2D eigenvalue weighted by molar-refractivity contribution is 7.89. The summed E-state index contributed by atoms with van der Waals surface area (Å²) in [6.07, 6.45) is 4.11. The molecule has 8 heteroatoms. The Bertz CT molecular complexity index is 898. The Hall–Kier alpha value is -2.45. The van der Waals surface area contributed by atoms with Gasteiger partial charge in [-0.2, -0.15) is 0 Å². The maximum Gasteiger partial charge on any atom is 0.305 e. The first-order valence-electron chi connectivity index (χ1n) is 9.84. The van der Waals surface area contributed by atoms with Gasteiger partial charge in [0.2, 0.25) is 10.0 Å². The number of unbranched alkanes of at least 4 members (excludes halogenated alkanes) is 3. The van der Waals surface area contributed by atoms with E-state index in [1.54, 1.807) is 24.3 Å². The van der Waals surface area contributed by atoms with Crippen molar-refractivity contribution in [3.05, 3.63) is 59.9 Å². The Morgan fingerprint density at radius 1 is 0.967 bits per heavy atom. The molecule has 0 saturated heterocycles. The van der Waals surface area contributed by atoms with E-state index in [0.29, 0.717) is 24.2 Å². The number of carbonyl (C=O) groups is 1. The molecule has 1 unspecified atom stereocenters. The van der Waals surface area contributed by atoms with Crippen molar-refractivity contribution in [2.45, 2.75) is 49.5 Å². The van der Waals surface area contributed by atoms with E-state index in [1.165, 1.54) is 38.5 Å². The molecule has 30 heavy (non-hydrogen) atoms. The molecule has 0 aliphatic rings. The molecule has 0 fully saturated rings. The SMILES string of the molecule is COC(=O)CCCCCCC(NS(=O)(=O)c1ccc(OC)cc1)c1ccc(F)cc1. The zero-order valence-electron chi connectivity index (χ0n) is 17.3. The van der Waals surface area contributed by atoms with Crippen molar-refractivity contribution < 1.29 is 27.1 Å². The van der Waals surface area contributed by atoms with Crippen molar-refractivity contribution in [3.63, 3.8) is 0 Å². The van der Waals surface area contributed by atoms with Crippen molar-refractivity contribution >= 4 is 16.0 Å². The van der Waals surface area contributed by atoms with Crippen LogP contribution in [-0.4, -0.2) is 28.6 Å². The van der Waals surface area contributed by atoms with Gasteiger partial charge in [0.15, 0.2) is 0 Å². The van der Waals surface area contributed by atoms with E-state index in [0.717, 1.165) is 25.7 Å².